The first-order valence-electron chi connectivity index (χ1n) is 22.9. The van der Waals surface area contributed by atoms with E-state index < -0.39 is 6.17 Å². The Bertz CT molecular complexity index is 2930. The zero-order chi connectivity index (χ0) is 46.6. The Labute approximate surface area is 395 Å². The second kappa shape index (κ2) is 19.8. The fourth-order valence-corrected chi connectivity index (χ4v) is 10.9. The number of hydrogen-bond acceptors (Lipinski definition) is 11. The minimum absolute atomic E-state index is 0.00237. The lowest BCUT2D eigenvalue weighted by Crippen LogP contribution is -2.53. The number of nitrogen functional groups attached to an aromatic ring is 1. The quantitative estimate of drug-likeness (QED) is 0.0712. The fourth-order valence-electron chi connectivity index (χ4n) is 9.81. The number of aryl methyl sites for hydroxylation is 1. The van der Waals surface area contributed by atoms with Crippen molar-refractivity contribution >= 4 is 73.1 Å². The molecule has 7 aromatic rings. The molecular formula is C53H58N8O5S. The Kier molecular flexibility index (Phi) is 13.4. The Morgan fingerprint density at radius 2 is 1.46 bits per heavy atom. The Morgan fingerprint density at radius 3 is 2.12 bits per heavy atom. The van der Waals surface area contributed by atoms with E-state index in [1.54, 1.807) is 44.6 Å². The minimum Gasteiger partial charge on any atom is -0.495 e. The molecule has 1 unspecified atom stereocenters. The van der Waals surface area contributed by atoms with Gasteiger partial charge in [-0.3, -0.25) is 14.5 Å². The predicted octanol–water partition coefficient (Wildman–Crippen LogP) is 8.96. The predicted molar refractivity (Wildman–Crippen MR) is 272 cm³/mol. The number of nitrogens with two attached hydrogens (primary N) is 2. The summed E-state index contributed by atoms with van der Waals surface area (Å²) < 4.78 is 20.2. The monoisotopic (exact) mass is 918 g/mol. The van der Waals surface area contributed by atoms with Gasteiger partial charge in [-0.05, 0) is 103 Å². The van der Waals surface area contributed by atoms with Gasteiger partial charge in [0.15, 0.2) is 0 Å². The number of benzene rings is 4. The molecule has 0 spiro atoms. The summed E-state index contributed by atoms with van der Waals surface area (Å²) in [6.45, 7) is 3.94. The van der Waals surface area contributed by atoms with E-state index in [9.17, 15) is 4.79 Å². The van der Waals surface area contributed by atoms with Crippen LogP contribution < -0.4 is 45.7 Å². The van der Waals surface area contributed by atoms with E-state index in [4.69, 9.17) is 25.7 Å². The molecule has 1 atom stereocenters. The first kappa shape index (κ1) is 45.1. The molecule has 5 N–H and O–H groups in total. The van der Waals surface area contributed by atoms with E-state index in [-0.39, 0.29) is 17.7 Å². The van der Waals surface area contributed by atoms with E-state index >= 15 is 4.79 Å². The minimum atomic E-state index is -0.657. The van der Waals surface area contributed by atoms with Gasteiger partial charge in [-0.15, -0.1) is 11.3 Å². The third kappa shape index (κ3) is 9.11. The van der Waals surface area contributed by atoms with Crippen molar-refractivity contribution in [3.8, 4) is 28.4 Å². The molecule has 5 heterocycles. The molecule has 2 amide bonds. The van der Waals surface area contributed by atoms with Crippen molar-refractivity contribution in [2.75, 3.05) is 74.5 Å². The van der Waals surface area contributed by atoms with Crippen LogP contribution >= 0.6 is 11.3 Å². The number of rotatable bonds is 14. The molecular weight excluding hydrogens is 861 g/mol. The van der Waals surface area contributed by atoms with Crippen LogP contribution in [-0.2, 0) is 11.8 Å². The fraction of sp³-hybridized carbons (Fsp3) is 0.302. The Morgan fingerprint density at radius 1 is 0.836 bits per heavy atom. The van der Waals surface area contributed by atoms with Crippen molar-refractivity contribution < 1.29 is 23.8 Å². The molecule has 3 aromatic heterocycles. The van der Waals surface area contributed by atoms with Crippen LogP contribution in [0.5, 0.6) is 17.2 Å². The number of methoxy groups -OCH3 is 3. The normalized spacial score (nSPS) is 15.3. The molecule has 2 aliphatic rings. The van der Waals surface area contributed by atoms with Crippen LogP contribution in [0.1, 0.15) is 41.7 Å². The second-order valence-corrected chi connectivity index (χ2v) is 18.2. The average Bonchev–Trinajstić information content (AvgIpc) is 3.98. The van der Waals surface area contributed by atoms with Gasteiger partial charge in [-0.25, -0.2) is 4.98 Å². The SMILES string of the molecule is COc1ccccc1N1CCC(CNC(=O)/C=C/c2cnc(N)c3c(-c4ccc(N(C(=O)c5cc6ccccc6n5C)C(N)C5CCN(c6ccccc6OC)CC5)c(OC)c4)csc23)CC1. The summed E-state index contributed by atoms with van der Waals surface area (Å²) >= 11 is 1.54. The molecule has 2 aliphatic heterocycles. The number of para-hydroxylation sites is 5. The highest BCUT2D eigenvalue weighted by Gasteiger charge is 2.36. The van der Waals surface area contributed by atoms with Crippen LogP contribution in [0.2, 0.25) is 0 Å². The highest BCUT2D eigenvalue weighted by atomic mass is 32.1. The summed E-state index contributed by atoms with van der Waals surface area (Å²) in [7, 11) is 6.92. The van der Waals surface area contributed by atoms with Gasteiger partial charge >= 0.3 is 0 Å². The van der Waals surface area contributed by atoms with Gasteiger partial charge in [-0.1, -0.05) is 48.5 Å². The van der Waals surface area contributed by atoms with Crippen molar-refractivity contribution in [2.45, 2.75) is 31.8 Å². The number of fused-ring (bicyclic) bond motifs is 2. The molecule has 0 saturated carbocycles. The Hall–Kier alpha value is -7.03. The third-order valence-electron chi connectivity index (χ3n) is 13.6. The maximum atomic E-state index is 15.0. The van der Waals surface area contributed by atoms with Gasteiger partial charge in [0.05, 0.1) is 44.6 Å². The maximum absolute atomic E-state index is 15.0. The van der Waals surface area contributed by atoms with E-state index in [1.165, 1.54) is 11.3 Å². The standard InChI is InChI=1S/C53H58N8O5S/c1-58-40-12-6-5-11-37(40)29-44(58)53(63)61(52(55)35-23-27-60(28-24-35)42-14-8-10-16-46(42)65-3)43-19-17-36(30-47(43)66-4)39-33-67-50-38(32-57-51(54)49(39)50)18-20-48(62)56-31-34-21-25-59(26-22-34)41-13-7-9-15-45(41)64-2/h5-20,29-30,32-35,52H,21-28,31,55H2,1-4H3,(H2,54,57)(H,56,62)/b20-18+. The van der Waals surface area contributed by atoms with Crippen molar-refractivity contribution in [3.63, 3.8) is 0 Å². The molecule has 9 rings (SSSR count). The number of nitrogens with one attached hydrogen (secondary N) is 1. The topological polar surface area (TPSA) is 153 Å². The van der Waals surface area contributed by atoms with Crippen LogP contribution in [0.3, 0.4) is 0 Å². The van der Waals surface area contributed by atoms with Gasteiger partial charge in [-0.2, -0.15) is 0 Å². The second-order valence-electron chi connectivity index (χ2n) is 17.3. The number of nitrogens with zero attached hydrogens (tertiary/aromatic N) is 5. The maximum Gasteiger partial charge on any atom is 0.276 e. The first-order chi connectivity index (χ1) is 32.7. The number of carbonyl (C=O) groups is 2. The number of amides is 2. The molecule has 0 aliphatic carbocycles. The number of piperidine rings is 2. The number of anilines is 4. The summed E-state index contributed by atoms with van der Waals surface area (Å²) in [4.78, 5) is 39.1. The summed E-state index contributed by atoms with van der Waals surface area (Å²) in [5.41, 5.74) is 20.6. The van der Waals surface area contributed by atoms with Crippen LogP contribution in [0.4, 0.5) is 22.9 Å². The molecule has 13 nitrogen and oxygen atoms in total. The molecule has 67 heavy (non-hydrogen) atoms. The van der Waals surface area contributed by atoms with Crippen molar-refractivity contribution in [2.24, 2.45) is 24.6 Å². The largest absolute Gasteiger partial charge is 0.495 e. The van der Waals surface area contributed by atoms with E-state index in [2.05, 4.69) is 32.2 Å². The smallest absolute Gasteiger partial charge is 0.276 e. The van der Waals surface area contributed by atoms with Gasteiger partial charge in [0.1, 0.15) is 28.8 Å². The van der Waals surface area contributed by atoms with Gasteiger partial charge in [0.2, 0.25) is 5.91 Å². The van der Waals surface area contributed by atoms with Gasteiger partial charge in [0, 0.05) is 84.2 Å². The number of aromatic nitrogens is 2. The number of pyridine rings is 1. The summed E-state index contributed by atoms with van der Waals surface area (Å²) in [6, 6.07) is 31.9. The molecule has 2 fully saturated rings. The molecule has 346 valence electrons. The molecule has 0 radical (unpaired) electrons. The number of hydrogen-bond donors (Lipinski definition) is 3. The highest BCUT2D eigenvalue weighted by molar-refractivity contribution is 7.18. The van der Waals surface area contributed by atoms with E-state index in [1.807, 2.05) is 102 Å². The lowest BCUT2D eigenvalue weighted by molar-refractivity contribution is -0.116. The highest BCUT2D eigenvalue weighted by Crippen LogP contribution is 2.43. The van der Waals surface area contributed by atoms with Crippen LogP contribution in [0.15, 0.2) is 115 Å². The zero-order valence-corrected chi connectivity index (χ0v) is 39.3. The first-order valence-corrected chi connectivity index (χ1v) is 23.7. The van der Waals surface area contributed by atoms with Crippen LogP contribution in [0.25, 0.3) is 38.2 Å². The van der Waals surface area contributed by atoms with Crippen LogP contribution in [0, 0.1) is 11.8 Å². The third-order valence-corrected chi connectivity index (χ3v) is 14.6. The lowest BCUT2D eigenvalue weighted by atomic mass is 9.92. The Balaban J connectivity index is 0.944. The van der Waals surface area contributed by atoms with Gasteiger partial charge < -0.3 is 45.4 Å². The van der Waals surface area contributed by atoms with Crippen LogP contribution in [-0.4, -0.2) is 81.6 Å². The number of thiophene rings is 1. The average molecular weight is 919 g/mol. The van der Waals surface area contributed by atoms with Gasteiger partial charge in [0.25, 0.3) is 5.91 Å². The van der Waals surface area contributed by atoms with Crippen molar-refractivity contribution in [1.82, 2.24) is 14.9 Å². The molecule has 14 heteroatoms. The number of carbonyl (C=O) groups excluding carboxylic acids is 2. The number of ether oxygens (including phenoxy) is 3. The van der Waals surface area contributed by atoms with Crippen molar-refractivity contribution in [1.29, 1.82) is 0 Å². The summed E-state index contributed by atoms with van der Waals surface area (Å²) in [5.74, 6) is 2.60. The molecule has 0 bridgehead atoms. The summed E-state index contributed by atoms with van der Waals surface area (Å²) in [5, 5.41) is 6.92. The zero-order valence-electron chi connectivity index (χ0n) is 38.5. The van der Waals surface area contributed by atoms with E-state index in [0.29, 0.717) is 35.4 Å². The summed E-state index contributed by atoms with van der Waals surface area (Å²) in [6.07, 6.45) is 7.92. The van der Waals surface area contributed by atoms with E-state index in [0.717, 1.165) is 112 Å². The van der Waals surface area contributed by atoms with Crippen molar-refractivity contribution in [3.05, 3.63) is 126 Å². The lowest BCUT2D eigenvalue weighted by Gasteiger charge is -2.40. The molecule has 2 saturated heterocycles. The molecule has 4 aromatic carbocycles.